The molecule has 6 heterocycles. The molecule has 0 spiro atoms. The summed E-state index contributed by atoms with van der Waals surface area (Å²) in [6, 6.07) is 54.6. The summed E-state index contributed by atoms with van der Waals surface area (Å²) in [4.78, 5) is 57.5. The molecular formula is C96H108N12O12. The van der Waals surface area contributed by atoms with Crippen LogP contribution >= 0.6 is 0 Å². The molecule has 0 atom stereocenters. The van der Waals surface area contributed by atoms with Crippen molar-refractivity contribution >= 4 is 0 Å². The van der Waals surface area contributed by atoms with Crippen LogP contribution in [-0.4, -0.2) is 59.8 Å². The van der Waals surface area contributed by atoms with E-state index in [0.29, 0.717) is 69.3 Å². The number of aromatic nitrogens is 12. The Morgan fingerprint density at radius 1 is 0.192 bits per heavy atom. The van der Waals surface area contributed by atoms with E-state index in [1.807, 2.05) is 253 Å². The summed E-state index contributed by atoms with van der Waals surface area (Å²) >= 11 is 0. The predicted molar refractivity (Wildman–Crippen MR) is 458 cm³/mol. The van der Waals surface area contributed by atoms with Crippen molar-refractivity contribution in [3.63, 3.8) is 0 Å². The second kappa shape index (κ2) is 33.7. The largest absolute Gasteiger partial charge is 0.482 e. The monoisotopic (exact) mass is 1620 g/mol. The molecule has 120 heavy (non-hydrogen) atoms. The van der Waals surface area contributed by atoms with E-state index < -0.39 is 21.7 Å². The summed E-state index contributed by atoms with van der Waals surface area (Å²) in [6.07, 6.45) is 0. The van der Waals surface area contributed by atoms with Crippen LogP contribution in [0.15, 0.2) is 170 Å². The molecule has 24 nitrogen and oxygen atoms in total. The summed E-state index contributed by atoms with van der Waals surface area (Å²) in [7, 11) is 0. The highest BCUT2D eigenvalue weighted by molar-refractivity contribution is 5.61. The number of benzene rings is 8. The Morgan fingerprint density at radius 2 is 0.333 bits per heavy atom. The quantitative estimate of drug-likeness (QED) is 0.110. The minimum absolute atomic E-state index is 0.00809. The number of fused-ring (bicyclic) bond motifs is 16. The number of nitrogens with zero attached hydrogens (tertiary/aromatic N) is 12. The summed E-state index contributed by atoms with van der Waals surface area (Å²) in [6.45, 7) is 50.1. The minimum Gasteiger partial charge on any atom is -0.482 e. The molecule has 0 amide bonds. The maximum atomic E-state index is 6.70. The lowest BCUT2D eigenvalue weighted by Gasteiger charge is -2.25. The first-order chi connectivity index (χ1) is 56.4. The second-order valence-corrected chi connectivity index (χ2v) is 38.0. The smallest absolute Gasteiger partial charge is 0.328 e. The number of rotatable bonds is 12. The SMILES string of the molecule is CC(C)(C)c1cc2c(OCc3ccccc3)c(c1)Oc1nc(nc(C(C)(C)C)n1)Oc1cc(C(C)(C)C)cc(c1OCc1ccccc1)Oc1nc(nc(C(C)(C)C)n1)O2.CC(C)(C)c1cc2c(OCc3ccccc3)c(c1)Oc1nc(nc(C(C)(C)C)n1)Oc1cc(C(C)(C)C)cc(c1OCc1ccccc1)Oc1nc(nc(C(C)(C)C)n1)O2. The minimum atomic E-state index is -0.529. The third kappa shape index (κ3) is 21.5. The van der Waals surface area contributed by atoms with Crippen LogP contribution < -0.4 is 56.8 Å². The first-order valence-corrected chi connectivity index (χ1v) is 40.3. The van der Waals surface area contributed by atoms with Gasteiger partial charge < -0.3 is 56.8 Å². The molecular weight excluding hydrogens is 1510 g/mol. The summed E-state index contributed by atoms with van der Waals surface area (Å²) in [5.74, 6) is 5.38. The Labute approximate surface area is 703 Å². The lowest BCUT2D eigenvalue weighted by atomic mass is 9.86. The predicted octanol–water partition coefficient (Wildman–Crippen LogP) is 23.8. The van der Waals surface area contributed by atoms with E-state index in [-0.39, 0.29) is 119 Å². The van der Waals surface area contributed by atoms with Crippen LogP contribution in [0.25, 0.3) is 0 Å². The van der Waals surface area contributed by atoms with Crippen LogP contribution in [0.2, 0.25) is 0 Å². The summed E-state index contributed by atoms with van der Waals surface area (Å²) in [5, 5.41) is 0. The summed E-state index contributed by atoms with van der Waals surface area (Å²) < 4.78 is 79.9. The van der Waals surface area contributed by atoms with Gasteiger partial charge in [0.05, 0.1) is 0 Å². The summed E-state index contributed by atoms with van der Waals surface area (Å²) in [5.41, 5.74) is 3.75. The fourth-order valence-electron chi connectivity index (χ4n) is 12.0. The molecule has 4 aromatic heterocycles. The van der Waals surface area contributed by atoms with Crippen LogP contribution in [0.3, 0.4) is 0 Å². The molecule has 624 valence electrons. The normalized spacial score (nSPS) is 13.0. The molecule has 2 aliphatic rings. The van der Waals surface area contributed by atoms with Crippen molar-refractivity contribution in [2.75, 3.05) is 0 Å². The van der Waals surface area contributed by atoms with Gasteiger partial charge in [-0.25, -0.2) is 0 Å². The van der Waals surface area contributed by atoms with Crippen LogP contribution in [0.4, 0.5) is 0 Å². The van der Waals surface area contributed by atoms with Gasteiger partial charge in [0.25, 0.3) is 0 Å². The maximum absolute atomic E-state index is 6.70. The zero-order chi connectivity index (χ0) is 86.1. The van der Waals surface area contributed by atoms with Gasteiger partial charge >= 0.3 is 48.1 Å². The van der Waals surface area contributed by atoms with Crippen molar-refractivity contribution in [3.8, 4) is 117 Å². The first kappa shape index (κ1) is 85.3. The standard InChI is InChI=1S/2C48H54N6O6/c2*1-45(2,3)31-23-33-37(55-27-29-19-15-13-16-20-29)34(24-31)58-42-50-40(48(10,11)12)52-44(54-42)60-36-26-32(46(4,5)6)25-35(38(36)56-28-30-21-17-14-18-22-30)59-43-51-39(47(7,8)9)49-41(53-43)57-33/h2*13-26H,27-28H2,1-12H3. The van der Waals surface area contributed by atoms with Crippen LogP contribution in [0, 0.1) is 0 Å². The average Bonchev–Trinajstić information content (AvgIpc) is 0.776. The first-order valence-electron chi connectivity index (χ1n) is 40.3. The highest BCUT2D eigenvalue weighted by Gasteiger charge is 2.35. The lowest BCUT2D eigenvalue weighted by Crippen LogP contribution is -2.19. The Balaban J connectivity index is 0.000000207. The van der Waals surface area contributed by atoms with Gasteiger partial charge in [0.1, 0.15) is 49.7 Å². The molecule has 0 radical (unpaired) electrons. The maximum Gasteiger partial charge on any atom is 0.328 e. The van der Waals surface area contributed by atoms with Crippen molar-refractivity contribution in [3.05, 3.63) is 238 Å². The van der Waals surface area contributed by atoms with Gasteiger partial charge in [0, 0.05) is 21.7 Å². The van der Waals surface area contributed by atoms with E-state index in [4.69, 9.17) is 117 Å². The van der Waals surface area contributed by atoms with Gasteiger partial charge in [-0.15, -0.1) is 19.9 Å². The number of hydrogen-bond donors (Lipinski definition) is 0. The molecule has 0 saturated heterocycles. The van der Waals surface area contributed by atoms with Gasteiger partial charge in [-0.2, -0.15) is 39.9 Å². The zero-order valence-electron chi connectivity index (χ0n) is 73.3. The molecule has 24 heteroatoms. The molecule has 0 aliphatic carbocycles. The van der Waals surface area contributed by atoms with Crippen LogP contribution in [-0.2, 0) is 69.7 Å². The lowest BCUT2D eigenvalue weighted by molar-refractivity contribution is 0.262. The van der Waals surface area contributed by atoms with E-state index in [2.05, 4.69) is 83.1 Å². The van der Waals surface area contributed by atoms with E-state index in [1.54, 1.807) is 0 Å². The Hall–Kier alpha value is -12.6. The molecule has 2 aliphatic heterocycles. The molecule has 0 saturated carbocycles. The van der Waals surface area contributed by atoms with Crippen molar-refractivity contribution in [1.82, 2.24) is 59.8 Å². The van der Waals surface area contributed by atoms with Crippen molar-refractivity contribution in [2.45, 2.75) is 236 Å². The van der Waals surface area contributed by atoms with Gasteiger partial charge in [-0.05, 0) is 115 Å². The van der Waals surface area contributed by atoms with E-state index in [9.17, 15) is 0 Å². The average molecular weight is 1620 g/mol. The third-order valence-corrected chi connectivity index (χ3v) is 19.1. The third-order valence-electron chi connectivity index (χ3n) is 19.1. The fraction of sp³-hybridized carbons (Fsp3) is 0.375. The molecule has 14 rings (SSSR count). The number of ether oxygens (including phenoxy) is 12. The molecule has 0 unspecified atom stereocenters. The fourth-order valence-corrected chi connectivity index (χ4v) is 12.0. The van der Waals surface area contributed by atoms with Crippen LogP contribution in [0.5, 0.6) is 117 Å². The Kier molecular flexibility index (Phi) is 23.9. The molecule has 0 fully saturated rings. The van der Waals surface area contributed by atoms with Gasteiger partial charge in [-0.3, -0.25) is 0 Å². The molecule has 12 aromatic rings. The number of hydrogen-bond acceptors (Lipinski definition) is 24. The molecule has 16 bridgehead atoms. The topological polar surface area (TPSA) is 265 Å². The zero-order valence-corrected chi connectivity index (χ0v) is 73.3. The van der Waals surface area contributed by atoms with Gasteiger partial charge in [0.15, 0.2) is 46.0 Å². The van der Waals surface area contributed by atoms with E-state index in [1.165, 1.54) is 0 Å². The Morgan fingerprint density at radius 3 is 0.458 bits per heavy atom. The van der Waals surface area contributed by atoms with Crippen LogP contribution in [0.1, 0.15) is 234 Å². The highest BCUT2D eigenvalue weighted by Crippen LogP contribution is 2.52. The molecule has 0 N–H and O–H groups in total. The van der Waals surface area contributed by atoms with Crippen molar-refractivity contribution in [2.24, 2.45) is 0 Å². The van der Waals surface area contributed by atoms with E-state index in [0.717, 1.165) is 44.5 Å². The second-order valence-electron chi connectivity index (χ2n) is 38.0. The molecule has 8 aromatic carbocycles. The highest BCUT2D eigenvalue weighted by atomic mass is 16.6. The van der Waals surface area contributed by atoms with Gasteiger partial charge in [0.2, 0.25) is 23.0 Å². The van der Waals surface area contributed by atoms with Crippen molar-refractivity contribution in [1.29, 1.82) is 0 Å². The van der Waals surface area contributed by atoms with Gasteiger partial charge in [-0.1, -0.05) is 287 Å². The Bertz CT molecular complexity index is 4790. The van der Waals surface area contributed by atoms with E-state index >= 15 is 0 Å². The van der Waals surface area contributed by atoms with Crippen molar-refractivity contribution < 1.29 is 56.8 Å².